The zero-order valence-electron chi connectivity index (χ0n) is 15.0. The predicted octanol–water partition coefficient (Wildman–Crippen LogP) is 4.56. The van der Waals surface area contributed by atoms with E-state index in [1.807, 2.05) is 12.1 Å². The summed E-state index contributed by atoms with van der Waals surface area (Å²) in [5.41, 5.74) is 3.16. The summed E-state index contributed by atoms with van der Waals surface area (Å²) < 4.78 is 0.890. The Labute approximate surface area is 168 Å². The molecule has 1 atom stereocenters. The first-order valence-corrected chi connectivity index (χ1v) is 9.90. The predicted molar refractivity (Wildman–Crippen MR) is 112 cm³/mol. The lowest BCUT2D eigenvalue weighted by Crippen LogP contribution is -2.53. The fourth-order valence-corrected chi connectivity index (χ4v) is 4.00. The van der Waals surface area contributed by atoms with Crippen molar-refractivity contribution >= 4 is 44.8 Å². The largest absolute Gasteiger partial charge is 0.366 e. The Balaban J connectivity index is 1.55. The zero-order valence-corrected chi connectivity index (χ0v) is 17.3. The van der Waals surface area contributed by atoms with Gasteiger partial charge in [-0.05, 0) is 44.2 Å². The fourth-order valence-electron chi connectivity index (χ4n) is 3.28. The molecule has 4 nitrogen and oxygen atoms in total. The Morgan fingerprint density at radius 2 is 1.96 bits per heavy atom. The maximum absolute atomic E-state index is 12.4. The summed E-state index contributed by atoms with van der Waals surface area (Å²) in [6, 6.07) is 14.4. The van der Waals surface area contributed by atoms with Crippen LogP contribution in [0.4, 0.5) is 11.4 Å². The number of rotatable bonds is 4. The summed E-state index contributed by atoms with van der Waals surface area (Å²) in [7, 11) is 0. The molecule has 26 heavy (non-hydrogen) atoms. The van der Waals surface area contributed by atoms with Crippen molar-refractivity contribution in [2.45, 2.75) is 19.9 Å². The van der Waals surface area contributed by atoms with E-state index in [2.05, 4.69) is 69.2 Å². The number of hydrogen-bond acceptors (Lipinski definition) is 3. The molecule has 1 fully saturated rings. The standard InChI is InChI=1S/C20H23BrClN3O/c1-14-3-6-17(7-4-14)25-10-9-24(12-15(25)2)13-20(26)23-19-8-5-16(21)11-18(19)22/h3-8,11,15H,9-10,12-13H2,1-2H3,(H,23,26). The van der Waals surface area contributed by atoms with Crippen molar-refractivity contribution in [2.24, 2.45) is 0 Å². The number of carbonyl (C=O) groups is 1. The average Bonchev–Trinajstić information content (AvgIpc) is 2.59. The van der Waals surface area contributed by atoms with Crippen LogP contribution in [0.1, 0.15) is 12.5 Å². The first kappa shape index (κ1) is 19.2. The van der Waals surface area contributed by atoms with E-state index in [0.29, 0.717) is 23.3 Å². The summed E-state index contributed by atoms with van der Waals surface area (Å²) in [4.78, 5) is 17.0. The van der Waals surface area contributed by atoms with Crippen molar-refractivity contribution in [3.63, 3.8) is 0 Å². The van der Waals surface area contributed by atoms with Gasteiger partial charge in [0.2, 0.25) is 5.91 Å². The van der Waals surface area contributed by atoms with Gasteiger partial charge in [0.15, 0.2) is 0 Å². The second kappa shape index (κ2) is 8.42. The Morgan fingerprint density at radius 1 is 1.23 bits per heavy atom. The average molecular weight is 437 g/mol. The van der Waals surface area contributed by atoms with Gasteiger partial charge < -0.3 is 10.2 Å². The number of halogens is 2. The Bertz CT molecular complexity index is 781. The van der Waals surface area contributed by atoms with Gasteiger partial charge in [-0.2, -0.15) is 0 Å². The Kier molecular flexibility index (Phi) is 6.22. The fraction of sp³-hybridized carbons (Fsp3) is 0.350. The topological polar surface area (TPSA) is 35.6 Å². The number of hydrogen-bond donors (Lipinski definition) is 1. The van der Waals surface area contributed by atoms with Gasteiger partial charge in [0, 0.05) is 35.8 Å². The molecule has 0 aromatic heterocycles. The van der Waals surface area contributed by atoms with Gasteiger partial charge in [0.25, 0.3) is 0 Å². The van der Waals surface area contributed by atoms with Crippen molar-refractivity contribution in [3.8, 4) is 0 Å². The van der Waals surface area contributed by atoms with E-state index in [4.69, 9.17) is 11.6 Å². The van der Waals surface area contributed by atoms with Crippen LogP contribution in [0, 0.1) is 6.92 Å². The van der Waals surface area contributed by atoms with Gasteiger partial charge in [-0.3, -0.25) is 9.69 Å². The van der Waals surface area contributed by atoms with E-state index >= 15 is 0 Å². The van der Waals surface area contributed by atoms with E-state index in [0.717, 1.165) is 24.1 Å². The molecule has 1 heterocycles. The Morgan fingerprint density at radius 3 is 2.62 bits per heavy atom. The molecule has 1 aliphatic rings. The number of carbonyl (C=O) groups excluding carboxylic acids is 1. The lowest BCUT2D eigenvalue weighted by atomic mass is 10.1. The van der Waals surface area contributed by atoms with Crippen LogP contribution in [-0.2, 0) is 4.79 Å². The van der Waals surface area contributed by atoms with E-state index in [9.17, 15) is 4.79 Å². The minimum Gasteiger partial charge on any atom is -0.366 e. The third-order valence-electron chi connectivity index (χ3n) is 4.65. The molecule has 1 saturated heterocycles. The molecule has 1 amide bonds. The van der Waals surface area contributed by atoms with Crippen LogP contribution in [0.2, 0.25) is 5.02 Å². The number of piperazine rings is 1. The van der Waals surface area contributed by atoms with Crippen LogP contribution in [0.3, 0.4) is 0 Å². The third-order valence-corrected chi connectivity index (χ3v) is 5.46. The van der Waals surface area contributed by atoms with Crippen molar-refractivity contribution in [3.05, 3.63) is 57.5 Å². The van der Waals surface area contributed by atoms with Gasteiger partial charge in [0.1, 0.15) is 0 Å². The molecule has 6 heteroatoms. The summed E-state index contributed by atoms with van der Waals surface area (Å²) >= 11 is 9.54. The molecule has 0 saturated carbocycles. The minimum absolute atomic E-state index is 0.0368. The molecule has 1 unspecified atom stereocenters. The zero-order chi connectivity index (χ0) is 18.7. The van der Waals surface area contributed by atoms with E-state index in [1.54, 1.807) is 6.07 Å². The first-order valence-electron chi connectivity index (χ1n) is 8.73. The van der Waals surface area contributed by atoms with Crippen LogP contribution in [0.5, 0.6) is 0 Å². The van der Waals surface area contributed by atoms with E-state index in [-0.39, 0.29) is 5.91 Å². The Hall–Kier alpha value is -1.56. The summed E-state index contributed by atoms with van der Waals surface area (Å²) in [5, 5.41) is 3.43. The van der Waals surface area contributed by atoms with Crippen LogP contribution in [-0.4, -0.2) is 43.0 Å². The van der Waals surface area contributed by atoms with Gasteiger partial charge in [-0.1, -0.05) is 45.2 Å². The number of anilines is 2. The molecule has 0 radical (unpaired) electrons. The third kappa shape index (κ3) is 4.78. The SMILES string of the molecule is Cc1ccc(N2CCN(CC(=O)Nc3ccc(Br)cc3Cl)CC2C)cc1. The summed E-state index contributed by atoms with van der Waals surface area (Å²) in [5.74, 6) is -0.0368. The molecular formula is C20H23BrClN3O. The van der Waals surface area contributed by atoms with Gasteiger partial charge >= 0.3 is 0 Å². The maximum atomic E-state index is 12.4. The van der Waals surface area contributed by atoms with Crippen LogP contribution < -0.4 is 10.2 Å². The summed E-state index contributed by atoms with van der Waals surface area (Å²) in [6.07, 6.45) is 0. The van der Waals surface area contributed by atoms with Gasteiger partial charge in [0.05, 0.1) is 17.3 Å². The quantitative estimate of drug-likeness (QED) is 0.763. The highest BCUT2D eigenvalue weighted by molar-refractivity contribution is 9.10. The summed E-state index contributed by atoms with van der Waals surface area (Å²) in [6.45, 7) is 7.31. The maximum Gasteiger partial charge on any atom is 0.238 e. The van der Waals surface area contributed by atoms with Crippen LogP contribution >= 0.6 is 27.5 Å². The van der Waals surface area contributed by atoms with Crippen molar-refractivity contribution < 1.29 is 4.79 Å². The second-order valence-electron chi connectivity index (χ2n) is 6.79. The molecule has 2 aromatic rings. The van der Waals surface area contributed by atoms with Crippen LogP contribution in [0.15, 0.2) is 46.9 Å². The molecule has 3 rings (SSSR count). The number of amides is 1. The smallest absolute Gasteiger partial charge is 0.238 e. The minimum atomic E-state index is -0.0368. The normalized spacial score (nSPS) is 18.0. The lowest BCUT2D eigenvalue weighted by Gasteiger charge is -2.41. The molecular weight excluding hydrogens is 414 g/mol. The molecule has 0 spiro atoms. The molecule has 1 aliphatic heterocycles. The number of nitrogens with zero attached hydrogens (tertiary/aromatic N) is 2. The van der Waals surface area contributed by atoms with Crippen LogP contribution in [0.25, 0.3) is 0 Å². The monoisotopic (exact) mass is 435 g/mol. The molecule has 0 bridgehead atoms. The number of nitrogens with one attached hydrogen (secondary N) is 1. The van der Waals surface area contributed by atoms with E-state index < -0.39 is 0 Å². The van der Waals surface area contributed by atoms with Crippen molar-refractivity contribution in [1.82, 2.24) is 4.90 Å². The van der Waals surface area contributed by atoms with Gasteiger partial charge in [-0.15, -0.1) is 0 Å². The van der Waals surface area contributed by atoms with E-state index in [1.165, 1.54) is 11.3 Å². The van der Waals surface area contributed by atoms with Crippen molar-refractivity contribution in [1.29, 1.82) is 0 Å². The number of benzene rings is 2. The first-order chi connectivity index (χ1) is 12.4. The highest BCUT2D eigenvalue weighted by atomic mass is 79.9. The molecule has 0 aliphatic carbocycles. The highest BCUT2D eigenvalue weighted by Crippen LogP contribution is 2.26. The molecule has 2 aromatic carbocycles. The van der Waals surface area contributed by atoms with Gasteiger partial charge in [-0.25, -0.2) is 0 Å². The number of aryl methyl sites for hydroxylation is 1. The second-order valence-corrected chi connectivity index (χ2v) is 8.11. The highest BCUT2D eigenvalue weighted by Gasteiger charge is 2.25. The van der Waals surface area contributed by atoms with Crippen molar-refractivity contribution in [2.75, 3.05) is 36.4 Å². The molecule has 1 N–H and O–H groups in total. The molecule has 138 valence electrons. The lowest BCUT2D eigenvalue weighted by molar-refractivity contribution is -0.117.